The molecule has 0 radical (unpaired) electrons. The van der Waals surface area contributed by atoms with Crippen molar-refractivity contribution in [2.75, 3.05) is 6.61 Å². The van der Waals surface area contributed by atoms with Crippen molar-refractivity contribution < 1.29 is 13.7 Å². The summed E-state index contributed by atoms with van der Waals surface area (Å²) in [6.07, 6.45) is 2.18. The van der Waals surface area contributed by atoms with Crippen molar-refractivity contribution in [2.24, 2.45) is 0 Å². The van der Waals surface area contributed by atoms with E-state index in [1.165, 1.54) is 23.9 Å². The second kappa shape index (κ2) is 7.77. The fraction of sp³-hybridized carbons (Fsp3) is 0.444. The molecule has 2 aromatic heterocycles. The molecule has 0 N–H and O–H groups in total. The van der Waals surface area contributed by atoms with E-state index >= 15 is 0 Å². The van der Waals surface area contributed by atoms with Crippen LogP contribution in [-0.4, -0.2) is 37.6 Å². The number of hydrogen-bond acceptors (Lipinski definition) is 7. The molecule has 4 rings (SSSR count). The summed E-state index contributed by atoms with van der Waals surface area (Å²) in [5, 5.41) is 13.2. The van der Waals surface area contributed by atoms with Crippen LogP contribution in [0.5, 0.6) is 0 Å². The van der Waals surface area contributed by atoms with Crippen LogP contribution < -0.4 is 0 Å². The highest BCUT2D eigenvalue weighted by Crippen LogP contribution is 2.35. The molecule has 142 valence electrons. The Labute approximate surface area is 160 Å². The molecule has 1 aliphatic heterocycles. The van der Waals surface area contributed by atoms with Crippen LogP contribution in [0.15, 0.2) is 33.9 Å². The lowest BCUT2D eigenvalue weighted by Gasteiger charge is -2.15. The Morgan fingerprint density at radius 3 is 2.78 bits per heavy atom. The molecule has 0 aliphatic carbocycles. The number of nitrogens with zero attached hydrogens (tertiary/aromatic N) is 5. The van der Waals surface area contributed by atoms with Crippen molar-refractivity contribution in [1.29, 1.82) is 0 Å². The average Bonchev–Trinajstić information content (AvgIpc) is 3.39. The van der Waals surface area contributed by atoms with Gasteiger partial charge in [-0.25, -0.2) is 4.39 Å². The molecule has 0 bridgehead atoms. The van der Waals surface area contributed by atoms with Gasteiger partial charge in [0, 0.05) is 12.2 Å². The van der Waals surface area contributed by atoms with E-state index in [0.29, 0.717) is 24.1 Å². The van der Waals surface area contributed by atoms with Gasteiger partial charge in [0.05, 0.1) is 17.9 Å². The molecular weight excluding hydrogens is 369 g/mol. The van der Waals surface area contributed by atoms with E-state index < -0.39 is 0 Å². The maximum absolute atomic E-state index is 13.3. The number of thioether (sulfide) groups is 1. The van der Waals surface area contributed by atoms with Gasteiger partial charge in [0.25, 0.3) is 0 Å². The molecule has 2 unspecified atom stereocenters. The molecule has 1 aliphatic rings. The van der Waals surface area contributed by atoms with Crippen LogP contribution in [0.25, 0.3) is 11.4 Å². The van der Waals surface area contributed by atoms with Crippen molar-refractivity contribution in [3.05, 3.63) is 41.8 Å². The number of hydrogen-bond donors (Lipinski definition) is 0. The molecule has 2 atom stereocenters. The van der Waals surface area contributed by atoms with Crippen LogP contribution in [0, 0.1) is 12.7 Å². The monoisotopic (exact) mass is 389 g/mol. The number of aromatic nitrogens is 5. The Hall–Kier alpha value is -2.26. The van der Waals surface area contributed by atoms with Gasteiger partial charge in [0.2, 0.25) is 5.89 Å². The Morgan fingerprint density at radius 2 is 2.11 bits per heavy atom. The van der Waals surface area contributed by atoms with E-state index in [2.05, 4.69) is 20.3 Å². The summed E-state index contributed by atoms with van der Waals surface area (Å²) >= 11 is 1.50. The van der Waals surface area contributed by atoms with Gasteiger partial charge in [-0.05, 0) is 51.0 Å². The van der Waals surface area contributed by atoms with Gasteiger partial charge in [-0.15, -0.1) is 10.2 Å². The normalized spacial score (nSPS) is 18.1. The molecule has 3 heterocycles. The first kappa shape index (κ1) is 18.1. The Bertz CT molecular complexity index is 905. The zero-order valence-electron chi connectivity index (χ0n) is 15.1. The van der Waals surface area contributed by atoms with Crippen molar-refractivity contribution in [3.8, 4) is 11.4 Å². The number of benzene rings is 1. The molecule has 1 fully saturated rings. The summed E-state index contributed by atoms with van der Waals surface area (Å²) in [5.41, 5.74) is 0.815. The first-order chi connectivity index (χ1) is 13.1. The van der Waals surface area contributed by atoms with Gasteiger partial charge >= 0.3 is 0 Å². The van der Waals surface area contributed by atoms with E-state index in [1.807, 2.05) is 11.5 Å². The first-order valence-corrected chi connectivity index (χ1v) is 9.75. The maximum atomic E-state index is 13.3. The minimum absolute atomic E-state index is 0.0697. The lowest BCUT2D eigenvalue weighted by atomic mass is 10.2. The third-order valence-electron chi connectivity index (χ3n) is 4.40. The Morgan fingerprint density at radius 1 is 1.30 bits per heavy atom. The summed E-state index contributed by atoms with van der Waals surface area (Å²) in [4.78, 5) is 4.29. The molecule has 1 saturated heterocycles. The summed E-state index contributed by atoms with van der Waals surface area (Å²) in [6.45, 7) is 5.20. The topological polar surface area (TPSA) is 78.9 Å². The van der Waals surface area contributed by atoms with Crippen molar-refractivity contribution in [3.63, 3.8) is 0 Å². The summed E-state index contributed by atoms with van der Waals surface area (Å²) in [5.74, 6) is 1.57. The second-order valence-corrected chi connectivity index (χ2v) is 7.81. The van der Waals surface area contributed by atoms with Crippen LogP contribution in [0.1, 0.15) is 36.7 Å². The van der Waals surface area contributed by atoms with Crippen LogP contribution in [0.4, 0.5) is 4.39 Å². The quantitative estimate of drug-likeness (QED) is 0.593. The number of aryl methyl sites for hydroxylation is 1. The van der Waals surface area contributed by atoms with Gasteiger partial charge < -0.3 is 9.26 Å². The molecule has 0 amide bonds. The van der Waals surface area contributed by atoms with Gasteiger partial charge in [-0.1, -0.05) is 16.9 Å². The fourth-order valence-electron chi connectivity index (χ4n) is 3.03. The van der Waals surface area contributed by atoms with E-state index in [9.17, 15) is 4.39 Å². The highest BCUT2D eigenvalue weighted by Gasteiger charge is 2.24. The van der Waals surface area contributed by atoms with Crippen LogP contribution in [-0.2, 0) is 11.3 Å². The highest BCUT2D eigenvalue weighted by atomic mass is 32.2. The lowest BCUT2D eigenvalue weighted by molar-refractivity contribution is 0.0953. The highest BCUT2D eigenvalue weighted by molar-refractivity contribution is 7.99. The zero-order chi connectivity index (χ0) is 18.8. The lowest BCUT2D eigenvalue weighted by Crippen LogP contribution is -2.16. The molecule has 1 aromatic carbocycles. The second-order valence-electron chi connectivity index (χ2n) is 6.50. The van der Waals surface area contributed by atoms with E-state index in [-0.39, 0.29) is 17.2 Å². The minimum Gasteiger partial charge on any atom is -0.376 e. The van der Waals surface area contributed by atoms with Gasteiger partial charge in [-0.2, -0.15) is 4.98 Å². The van der Waals surface area contributed by atoms with Crippen LogP contribution >= 0.6 is 11.8 Å². The van der Waals surface area contributed by atoms with E-state index in [0.717, 1.165) is 30.2 Å². The number of halogens is 1. The minimum atomic E-state index is -0.279. The fourth-order valence-corrected chi connectivity index (χ4v) is 3.92. The van der Waals surface area contributed by atoms with Crippen molar-refractivity contribution >= 4 is 11.8 Å². The zero-order valence-corrected chi connectivity index (χ0v) is 15.9. The van der Waals surface area contributed by atoms with E-state index in [4.69, 9.17) is 9.26 Å². The van der Waals surface area contributed by atoms with Gasteiger partial charge in [0.15, 0.2) is 16.8 Å². The predicted molar refractivity (Wildman–Crippen MR) is 97.7 cm³/mol. The van der Waals surface area contributed by atoms with Crippen molar-refractivity contribution in [2.45, 2.75) is 49.7 Å². The average molecular weight is 389 g/mol. The first-order valence-electron chi connectivity index (χ1n) is 8.88. The number of rotatable bonds is 6. The molecule has 0 saturated carbocycles. The Kier molecular flexibility index (Phi) is 5.22. The molecular formula is C18H20FN5O2S. The van der Waals surface area contributed by atoms with Gasteiger partial charge in [0.1, 0.15) is 5.82 Å². The molecule has 7 nitrogen and oxygen atoms in total. The summed E-state index contributed by atoms with van der Waals surface area (Å²) < 4.78 is 26.4. The third kappa shape index (κ3) is 4.03. The third-order valence-corrected chi connectivity index (χ3v) is 5.47. The summed E-state index contributed by atoms with van der Waals surface area (Å²) in [7, 11) is 0. The van der Waals surface area contributed by atoms with Gasteiger partial charge in [-0.3, -0.25) is 4.57 Å². The SMILES string of the molecule is Cc1noc(C(C)Sc2nnc(-c3ccc(F)cc3)n2CC2CCCO2)n1. The smallest absolute Gasteiger partial charge is 0.239 e. The predicted octanol–water partition coefficient (Wildman–Crippen LogP) is 3.81. The molecule has 9 heteroatoms. The van der Waals surface area contributed by atoms with Crippen molar-refractivity contribution in [1.82, 2.24) is 24.9 Å². The standard InChI is InChI=1S/C18H20FN5O2S/c1-11(17-20-12(2)23-26-17)27-18-22-21-16(13-5-7-14(19)8-6-13)24(18)10-15-4-3-9-25-15/h5-8,11,15H,3-4,9-10H2,1-2H3. The summed E-state index contributed by atoms with van der Waals surface area (Å²) in [6, 6.07) is 6.28. The van der Waals surface area contributed by atoms with E-state index in [1.54, 1.807) is 19.1 Å². The molecule has 3 aromatic rings. The van der Waals surface area contributed by atoms with Crippen LogP contribution in [0.2, 0.25) is 0 Å². The van der Waals surface area contributed by atoms with Crippen LogP contribution in [0.3, 0.4) is 0 Å². The molecule has 0 spiro atoms. The molecule has 27 heavy (non-hydrogen) atoms. The largest absolute Gasteiger partial charge is 0.376 e. The Balaban J connectivity index is 1.64. The number of ether oxygens (including phenoxy) is 1. The maximum Gasteiger partial charge on any atom is 0.239 e.